The number of benzene rings is 1. The number of nitrogens with zero attached hydrogens (tertiary/aromatic N) is 3. The molecule has 0 bridgehead atoms. The van der Waals surface area contributed by atoms with E-state index in [-0.39, 0.29) is 16.9 Å². The van der Waals surface area contributed by atoms with E-state index < -0.39 is 10.0 Å². The summed E-state index contributed by atoms with van der Waals surface area (Å²) in [7, 11) is -3.79. The number of sulfonamides is 1. The highest BCUT2D eigenvalue weighted by Crippen LogP contribution is 2.34. The first-order valence-corrected chi connectivity index (χ1v) is 11.7. The van der Waals surface area contributed by atoms with Crippen LogP contribution in [0.5, 0.6) is 0 Å². The maximum atomic E-state index is 12.8. The molecule has 9 heteroatoms. The van der Waals surface area contributed by atoms with E-state index in [4.69, 9.17) is 16.3 Å². The molecule has 2 fully saturated rings. The van der Waals surface area contributed by atoms with E-state index >= 15 is 0 Å². The molecule has 1 amide bonds. The van der Waals surface area contributed by atoms with Crippen molar-refractivity contribution in [2.75, 3.05) is 32.8 Å². The van der Waals surface area contributed by atoms with Gasteiger partial charge in [0, 0.05) is 43.4 Å². The van der Waals surface area contributed by atoms with Gasteiger partial charge in [-0.25, -0.2) is 0 Å². The highest BCUT2D eigenvalue weighted by molar-refractivity contribution is 8.00. The van der Waals surface area contributed by atoms with E-state index in [1.807, 2.05) is 9.80 Å². The molecule has 2 saturated heterocycles. The molecule has 0 N–H and O–H groups in total. The Labute approximate surface area is 176 Å². The second-order valence-corrected chi connectivity index (χ2v) is 9.50. The summed E-state index contributed by atoms with van der Waals surface area (Å²) in [5, 5.41) is 0.476. The van der Waals surface area contributed by atoms with Crippen molar-refractivity contribution < 1.29 is 17.9 Å². The van der Waals surface area contributed by atoms with E-state index in [0.29, 0.717) is 54.8 Å². The lowest BCUT2D eigenvalue weighted by atomic mass is 10.1. The third-order valence-corrected chi connectivity index (χ3v) is 7.25. The zero-order valence-electron chi connectivity index (χ0n) is 16.3. The van der Waals surface area contributed by atoms with E-state index in [1.165, 1.54) is 0 Å². The van der Waals surface area contributed by atoms with E-state index in [2.05, 4.69) is 4.40 Å². The van der Waals surface area contributed by atoms with Crippen LogP contribution in [0, 0.1) is 0 Å². The number of hydrogen-bond acceptors (Lipinski definition) is 5. The topological polar surface area (TPSA) is 79.3 Å². The zero-order valence-corrected chi connectivity index (χ0v) is 17.9. The summed E-state index contributed by atoms with van der Waals surface area (Å²) in [6.45, 7) is 4.76. The number of carbonyl (C=O) groups excluding carboxylic acids is 1. The SMILES string of the molecule is CC1=C(c2cccc(Cl)c2)S(=O)(=O)N=C1N1CCCN(C(=O)[C@@H]2CCCO2)CC1. The molecule has 3 aliphatic heterocycles. The van der Waals surface area contributed by atoms with Gasteiger partial charge in [0.15, 0.2) is 0 Å². The molecule has 1 aromatic carbocycles. The van der Waals surface area contributed by atoms with Crippen molar-refractivity contribution in [2.45, 2.75) is 32.3 Å². The molecule has 0 spiro atoms. The third kappa shape index (κ3) is 4.06. The van der Waals surface area contributed by atoms with Crippen molar-refractivity contribution in [3.63, 3.8) is 0 Å². The first kappa shape index (κ1) is 20.4. The standard InChI is InChI=1S/C20H24ClN3O4S/c1-14-18(15-5-2-6-16(21)13-15)29(26,27)22-19(14)23-8-4-9-24(11-10-23)20(25)17-7-3-12-28-17/h2,5-6,13,17H,3-4,7-12H2,1H3/t17-/m0/s1. The van der Waals surface area contributed by atoms with E-state index in [9.17, 15) is 13.2 Å². The fraction of sp³-hybridized carbons (Fsp3) is 0.500. The fourth-order valence-corrected chi connectivity index (χ4v) is 5.80. The lowest BCUT2D eigenvalue weighted by Crippen LogP contribution is -2.41. The van der Waals surface area contributed by atoms with Gasteiger partial charge in [-0.15, -0.1) is 4.40 Å². The minimum absolute atomic E-state index is 0.0391. The van der Waals surface area contributed by atoms with Crippen LogP contribution in [0.1, 0.15) is 31.7 Å². The van der Waals surface area contributed by atoms with Crippen molar-refractivity contribution in [3.8, 4) is 0 Å². The summed E-state index contributed by atoms with van der Waals surface area (Å²) in [4.78, 5) is 16.6. The molecular weight excluding hydrogens is 414 g/mol. The van der Waals surface area contributed by atoms with Crippen LogP contribution >= 0.6 is 11.6 Å². The second kappa shape index (κ2) is 8.08. The number of ether oxygens (including phenoxy) is 1. The van der Waals surface area contributed by atoms with Gasteiger partial charge in [-0.1, -0.05) is 23.7 Å². The van der Waals surface area contributed by atoms with Gasteiger partial charge < -0.3 is 14.5 Å². The minimum Gasteiger partial charge on any atom is -0.368 e. The molecule has 0 unspecified atom stereocenters. The molecule has 3 aliphatic rings. The Bertz CT molecular complexity index is 983. The van der Waals surface area contributed by atoms with E-state index in [1.54, 1.807) is 31.2 Å². The molecule has 0 radical (unpaired) electrons. The molecule has 0 aromatic heterocycles. The second-order valence-electron chi connectivity index (χ2n) is 7.52. The molecule has 1 aromatic rings. The predicted octanol–water partition coefficient (Wildman–Crippen LogP) is 2.53. The first-order valence-electron chi connectivity index (χ1n) is 9.84. The normalized spacial score (nSPS) is 24.6. The van der Waals surface area contributed by atoms with Gasteiger partial charge in [-0.2, -0.15) is 8.42 Å². The fourth-order valence-electron chi connectivity index (χ4n) is 4.14. The minimum atomic E-state index is -3.79. The van der Waals surface area contributed by atoms with Gasteiger partial charge in [0.1, 0.15) is 16.8 Å². The summed E-state index contributed by atoms with van der Waals surface area (Å²) in [5.41, 5.74) is 1.16. The molecule has 29 heavy (non-hydrogen) atoms. The van der Waals surface area contributed by atoms with Crippen LogP contribution in [0.4, 0.5) is 0 Å². The smallest absolute Gasteiger partial charge is 0.285 e. The number of halogens is 1. The van der Waals surface area contributed by atoms with Crippen LogP contribution in [0.2, 0.25) is 5.02 Å². The van der Waals surface area contributed by atoms with Crippen LogP contribution in [0.3, 0.4) is 0 Å². The lowest BCUT2D eigenvalue weighted by Gasteiger charge is -2.25. The Morgan fingerprint density at radius 2 is 2.03 bits per heavy atom. The molecule has 4 rings (SSSR count). The highest BCUT2D eigenvalue weighted by atomic mass is 35.5. The molecule has 156 valence electrons. The van der Waals surface area contributed by atoms with Gasteiger partial charge >= 0.3 is 0 Å². The molecule has 1 atom stereocenters. The Hall–Kier alpha value is -1.90. The van der Waals surface area contributed by atoms with Gasteiger partial charge in [0.05, 0.1) is 0 Å². The van der Waals surface area contributed by atoms with Gasteiger partial charge in [-0.3, -0.25) is 4.79 Å². The average molecular weight is 438 g/mol. The van der Waals surface area contributed by atoms with Crippen LogP contribution in [-0.4, -0.2) is 68.9 Å². The van der Waals surface area contributed by atoms with Crippen LogP contribution in [-0.2, 0) is 19.6 Å². The summed E-state index contributed by atoms with van der Waals surface area (Å²) < 4.78 is 35.1. The lowest BCUT2D eigenvalue weighted by molar-refractivity contribution is -0.140. The molecule has 7 nitrogen and oxygen atoms in total. The van der Waals surface area contributed by atoms with Crippen LogP contribution < -0.4 is 0 Å². The molecule has 0 saturated carbocycles. The Kier molecular flexibility index (Phi) is 5.68. The number of hydrogen-bond donors (Lipinski definition) is 0. The summed E-state index contributed by atoms with van der Waals surface area (Å²) in [6.07, 6.45) is 2.11. The van der Waals surface area contributed by atoms with Gasteiger partial charge in [-0.05, 0) is 43.9 Å². The molecular formula is C20H24ClN3O4S. The van der Waals surface area contributed by atoms with Crippen molar-refractivity contribution >= 4 is 38.3 Å². The Balaban J connectivity index is 1.54. The van der Waals surface area contributed by atoms with Gasteiger partial charge in [0.25, 0.3) is 15.9 Å². The first-order chi connectivity index (χ1) is 13.9. The number of rotatable bonds is 2. The van der Waals surface area contributed by atoms with E-state index in [0.717, 1.165) is 19.3 Å². The monoisotopic (exact) mass is 437 g/mol. The predicted molar refractivity (Wildman–Crippen MR) is 112 cm³/mol. The van der Waals surface area contributed by atoms with Crippen molar-refractivity contribution in [1.82, 2.24) is 9.80 Å². The number of carbonyl (C=O) groups is 1. The summed E-state index contributed by atoms with van der Waals surface area (Å²) in [6, 6.07) is 6.80. The van der Waals surface area contributed by atoms with Crippen molar-refractivity contribution in [2.24, 2.45) is 4.40 Å². The summed E-state index contributed by atoms with van der Waals surface area (Å²) in [5.74, 6) is 0.503. The third-order valence-electron chi connectivity index (χ3n) is 5.54. The Morgan fingerprint density at radius 1 is 1.21 bits per heavy atom. The van der Waals surface area contributed by atoms with Gasteiger partial charge in [0.2, 0.25) is 0 Å². The highest BCUT2D eigenvalue weighted by Gasteiger charge is 2.35. The Morgan fingerprint density at radius 3 is 2.76 bits per heavy atom. The molecule has 0 aliphatic carbocycles. The maximum absolute atomic E-state index is 12.8. The van der Waals surface area contributed by atoms with Crippen molar-refractivity contribution in [1.29, 1.82) is 0 Å². The van der Waals surface area contributed by atoms with Crippen LogP contribution in [0.25, 0.3) is 4.91 Å². The summed E-state index contributed by atoms with van der Waals surface area (Å²) >= 11 is 6.06. The van der Waals surface area contributed by atoms with Crippen molar-refractivity contribution in [3.05, 3.63) is 40.4 Å². The van der Waals surface area contributed by atoms with Crippen LogP contribution in [0.15, 0.2) is 34.2 Å². The zero-order chi connectivity index (χ0) is 20.6. The maximum Gasteiger partial charge on any atom is 0.285 e. The largest absolute Gasteiger partial charge is 0.368 e. The molecule has 3 heterocycles. The quantitative estimate of drug-likeness (QED) is 0.710. The average Bonchev–Trinajstić information content (AvgIpc) is 3.20. The number of amides is 1. The number of amidine groups is 1.